The van der Waals surface area contributed by atoms with Gasteiger partial charge in [0.25, 0.3) is 5.91 Å². The molecule has 0 spiro atoms. The number of aromatic nitrogens is 2. The van der Waals surface area contributed by atoms with Gasteiger partial charge in [0.05, 0.1) is 11.0 Å². The Kier molecular flexibility index (Phi) is 3.82. The van der Waals surface area contributed by atoms with Gasteiger partial charge in [-0.15, -0.1) is 0 Å². The molecule has 2 aromatic carbocycles. The number of carbonyl (C=O) groups is 1. The van der Waals surface area contributed by atoms with E-state index in [0.717, 1.165) is 0 Å². The molecule has 0 saturated carbocycles. The summed E-state index contributed by atoms with van der Waals surface area (Å²) in [5.41, 5.74) is 1.70. The van der Waals surface area contributed by atoms with Gasteiger partial charge in [0.2, 0.25) is 0 Å². The molecule has 4 nitrogen and oxygen atoms in total. The van der Waals surface area contributed by atoms with Gasteiger partial charge in [0, 0.05) is 18.5 Å². The first-order valence-corrected chi connectivity index (χ1v) is 6.80. The lowest BCUT2D eigenvalue weighted by atomic mass is 10.2. The van der Waals surface area contributed by atoms with Gasteiger partial charge in [0.1, 0.15) is 17.5 Å². The maximum Gasteiger partial charge on any atom is 0.251 e. The van der Waals surface area contributed by atoms with Gasteiger partial charge in [-0.1, -0.05) is 0 Å². The van der Waals surface area contributed by atoms with Gasteiger partial charge in [0.15, 0.2) is 0 Å². The second-order valence-corrected chi connectivity index (χ2v) is 4.86. The zero-order valence-electron chi connectivity index (χ0n) is 11.6. The van der Waals surface area contributed by atoms with Crippen LogP contribution in [0.15, 0.2) is 42.5 Å². The third kappa shape index (κ3) is 3.11. The first kappa shape index (κ1) is 14.2. The Bertz CT molecular complexity index is 812. The number of benzene rings is 2. The largest absolute Gasteiger partial charge is 0.352 e. The smallest absolute Gasteiger partial charge is 0.251 e. The molecule has 0 fully saturated rings. The van der Waals surface area contributed by atoms with Crippen molar-refractivity contribution in [3.63, 3.8) is 0 Å². The first-order chi connectivity index (χ1) is 10.6. The summed E-state index contributed by atoms with van der Waals surface area (Å²) in [4.78, 5) is 19.2. The molecule has 6 heteroatoms. The van der Waals surface area contributed by atoms with Crippen LogP contribution in [0, 0.1) is 11.6 Å². The van der Waals surface area contributed by atoms with Crippen molar-refractivity contribution < 1.29 is 13.6 Å². The molecule has 2 N–H and O–H groups in total. The van der Waals surface area contributed by atoms with E-state index >= 15 is 0 Å². The van der Waals surface area contributed by atoms with Crippen LogP contribution in [-0.2, 0) is 6.42 Å². The minimum absolute atomic E-state index is 0.276. The second kappa shape index (κ2) is 5.93. The molecule has 22 heavy (non-hydrogen) atoms. The van der Waals surface area contributed by atoms with Crippen LogP contribution in [-0.4, -0.2) is 22.4 Å². The zero-order chi connectivity index (χ0) is 15.5. The molecule has 0 unspecified atom stereocenters. The number of carbonyl (C=O) groups excluding carboxylic acids is 1. The molecule has 1 amide bonds. The molecule has 3 rings (SSSR count). The topological polar surface area (TPSA) is 57.8 Å². The number of H-pyrrole nitrogens is 1. The number of hydrogen-bond acceptors (Lipinski definition) is 2. The number of nitrogens with zero attached hydrogens (tertiary/aromatic N) is 1. The van der Waals surface area contributed by atoms with E-state index in [0.29, 0.717) is 35.4 Å². The summed E-state index contributed by atoms with van der Waals surface area (Å²) in [5, 5.41) is 2.73. The van der Waals surface area contributed by atoms with Gasteiger partial charge in [-0.3, -0.25) is 4.79 Å². The number of fused-ring (bicyclic) bond motifs is 1. The molecule has 3 aromatic rings. The normalized spacial score (nSPS) is 10.8. The van der Waals surface area contributed by atoms with E-state index in [9.17, 15) is 13.6 Å². The second-order valence-electron chi connectivity index (χ2n) is 4.86. The number of halogens is 2. The highest BCUT2D eigenvalue weighted by Crippen LogP contribution is 2.13. The highest BCUT2D eigenvalue weighted by Gasteiger charge is 2.07. The Morgan fingerprint density at radius 3 is 2.59 bits per heavy atom. The highest BCUT2D eigenvalue weighted by molar-refractivity contribution is 5.94. The zero-order valence-corrected chi connectivity index (χ0v) is 11.6. The van der Waals surface area contributed by atoms with E-state index in [2.05, 4.69) is 15.3 Å². The average Bonchev–Trinajstić information content (AvgIpc) is 2.89. The van der Waals surface area contributed by atoms with E-state index in [1.807, 2.05) is 0 Å². The quantitative estimate of drug-likeness (QED) is 0.778. The lowest BCUT2D eigenvalue weighted by Crippen LogP contribution is -2.25. The Hall–Kier alpha value is -2.76. The highest BCUT2D eigenvalue weighted by atomic mass is 19.1. The summed E-state index contributed by atoms with van der Waals surface area (Å²) in [5.74, 6) is -0.319. The van der Waals surface area contributed by atoms with Crippen molar-refractivity contribution in [1.82, 2.24) is 15.3 Å². The molecular formula is C16H13F2N3O. The monoisotopic (exact) mass is 301 g/mol. The van der Waals surface area contributed by atoms with Crippen LogP contribution in [0.4, 0.5) is 8.78 Å². The van der Waals surface area contributed by atoms with Crippen molar-refractivity contribution in [2.75, 3.05) is 6.54 Å². The third-order valence-corrected chi connectivity index (χ3v) is 3.25. The van der Waals surface area contributed by atoms with Crippen molar-refractivity contribution in [3.8, 4) is 0 Å². The van der Waals surface area contributed by atoms with Crippen LogP contribution >= 0.6 is 0 Å². The van der Waals surface area contributed by atoms with E-state index in [1.165, 1.54) is 36.4 Å². The molecular weight excluding hydrogens is 288 g/mol. The molecule has 0 radical (unpaired) electrons. The molecule has 0 saturated heterocycles. The molecule has 0 bridgehead atoms. The molecule has 112 valence electrons. The summed E-state index contributed by atoms with van der Waals surface area (Å²) in [6.07, 6.45) is 0.489. The Balaban J connectivity index is 1.59. The van der Waals surface area contributed by atoms with Gasteiger partial charge >= 0.3 is 0 Å². The number of hydrogen-bond donors (Lipinski definition) is 2. The summed E-state index contributed by atoms with van der Waals surface area (Å²) in [6, 6.07) is 9.66. The van der Waals surface area contributed by atoms with Crippen LogP contribution in [0.3, 0.4) is 0 Å². The summed E-state index contributed by atoms with van der Waals surface area (Å²) in [7, 11) is 0. The van der Waals surface area contributed by atoms with Crippen LogP contribution in [0.5, 0.6) is 0 Å². The Morgan fingerprint density at radius 2 is 1.82 bits per heavy atom. The van der Waals surface area contributed by atoms with Crippen LogP contribution < -0.4 is 5.32 Å². The standard InChI is InChI=1S/C16H13F2N3O/c17-11-3-1-10(2-4-11)16(22)19-8-7-15-20-13-6-5-12(18)9-14(13)21-15/h1-6,9H,7-8H2,(H,19,22)(H,20,21). The molecule has 1 aromatic heterocycles. The van der Waals surface area contributed by atoms with Gasteiger partial charge in [-0.25, -0.2) is 13.8 Å². The van der Waals surface area contributed by atoms with Crippen molar-refractivity contribution in [3.05, 3.63) is 65.5 Å². The van der Waals surface area contributed by atoms with E-state index < -0.39 is 0 Å². The minimum atomic E-state index is -0.383. The Morgan fingerprint density at radius 1 is 1.09 bits per heavy atom. The van der Waals surface area contributed by atoms with Crippen LogP contribution in [0.1, 0.15) is 16.2 Å². The lowest BCUT2D eigenvalue weighted by molar-refractivity contribution is 0.0954. The summed E-state index contributed by atoms with van der Waals surface area (Å²) in [6.45, 7) is 0.374. The maximum atomic E-state index is 13.1. The van der Waals surface area contributed by atoms with Crippen molar-refractivity contribution in [1.29, 1.82) is 0 Å². The number of nitrogens with one attached hydrogen (secondary N) is 2. The fraction of sp³-hybridized carbons (Fsp3) is 0.125. The molecule has 0 aliphatic heterocycles. The molecule has 1 heterocycles. The molecule has 0 aliphatic rings. The minimum Gasteiger partial charge on any atom is -0.352 e. The summed E-state index contributed by atoms with van der Waals surface area (Å²) >= 11 is 0. The van der Waals surface area contributed by atoms with Gasteiger partial charge < -0.3 is 10.3 Å². The average molecular weight is 301 g/mol. The molecule has 0 aliphatic carbocycles. The predicted octanol–water partition coefficient (Wildman–Crippen LogP) is 2.81. The Labute approximate surface area is 125 Å². The number of imidazole rings is 1. The third-order valence-electron chi connectivity index (χ3n) is 3.25. The van der Waals surface area contributed by atoms with E-state index in [1.54, 1.807) is 6.07 Å². The van der Waals surface area contributed by atoms with Crippen LogP contribution in [0.25, 0.3) is 11.0 Å². The number of amides is 1. The summed E-state index contributed by atoms with van der Waals surface area (Å²) < 4.78 is 25.9. The number of rotatable bonds is 4. The lowest BCUT2D eigenvalue weighted by Gasteiger charge is -2.03. The fourth-order valence-electron chi connectivity index (χ4n) is 2.15. The van der Waals surface area contributed by atoms with Crippen LogP contribution in [0.2, 0.25) is 0 Å². The maximum absolute atomic E-state index is 13.1. The SMILES string of the molecule is O=C(NCCc1nc2ccc(F)cc2[nH]1)c1ccc(F)cc1. The van der Waals surface area contributed by atoms with Crippen molar-refractivity contribution >= 4 is 16.9 Å². The first-order valence-electron chi connectivity index (χ1n) is 6.80. The van der Waals surface area contributed by atoms with E-state index in [4.69, 9.17) is 0 Å². The molecule has 0 atom stereocenters. The predicted molar refractivity (Wildman–Crippen MR) is 78.5 cm³/mol. The van der Waals surface area contributed by atoms with Gasteiger partial charge in [-0.05, 0) is 42.5 Å². The van der Waals surface area contributed by atoms with Crippen molar-refractivity contribution in [2.24, 2.45) is 0 Å². The number of aromatic amines is 1. The van der Waals surface area contributed by atoms with Crippen molar-refractivity contribution in [2.45, 2.75) is 6.42 Å². The fourth-order valence-corrected chi connectivity index (χ4v) is 2.15. The van der Waals surface area contributed by atoms with Gasteiger partial charge in [-0.2, -0.15) is 0 Å². The van der Waals surface area contributed by atoms with E-state index in [-0.39, 0.29) is 17.5 Å².